The Morgan fingerprint density at radius 1 is 1.47 bits per heavy atom. The van der Waals surface area contributed by atoms with E-state index in [0.29, 0.717) is 0 Å². The molecule has 0 saturated carbocycles. The van der Waals surface area contributed by atoms with Crippen LogP contribution in [-0.4, -0.2) is 53.4 Å². The minimum absolute atomic E-state index is 0.0156. The average molecular weight is 255 g/mol. The highest BCUT2D eigenvalue weighted by Crippen LogP contribution is 2.19. The standard InChI is InChI=1S/C8H12F3N3O3/c9-8(10,11)3-13-6(17)14-2-1-7(12,4-14)5(15)16/h1-4,12H2,(H,13,17)(H,15,16). The third-order valence-electron chi connectivity index (χ3n) is 2.45. The van der Waals surface area contributed by atoms with E-state index in [1.54, 1.807) is 5.32 Å². The lowest BCUT2D eigenvalue weighted by atomic mass is 10.0. The van der Waals surface area contributed by atoms with Crippen LogP contribution in [0.4, 0.5) is 18.0 Å². The maximum Gasteiger partial charge on any atom is 0.405 e. The zero-order chi connectivity index (χ0) is 13.3. The Morgan fingerprint density at radius 3 is 2.47 bits per heavy atom. The first-order valence-corrected chi connectivity index (χ1v) is 4.76. The van der Waals surface area contributed by atoms with Crippen molar-refractivity contribution in [3.05, 3.63) is 0 Å². The second-order valence-corrected chi connectivity index (χ2v) is 3.91. The summed E-state index contributed by atoms with van der Waals surface area (Å²) < 4.78 is 35.5. The number of nitrogens with two attached hydrogens (primary N) is 1. The maximum absolute atomic E-state index is 11.8. The molecular formula is C8H12F3N3O3. The van der Waals surface area contributed by atoms with Crippen LogP contribution in [0.25, 0.3) is 0 Å². The highest BCUT2D eigenvalue weighted by molar-refractivity contribution is 5.82. The summed E-state index contributed by atoms with van der Waals surface area (Å²) in [7, 11) is 0. The highest BCUT2D eigenvalue weighted by atomic mass is 19.4. The van der Waals surface area contributed by atoms with E-state index in [1.807, 2.05) is 0 Å². The van der Waals surface area contributed by atoms with E-state index in [2.05, 4.69) is 0 Å². The monoisotopic (exact) mass is 255 g/mol. The highest BCUT2D eigenvalue weighted by Gasteiger charge is 2.43. The quantitative estimate of drug-likeness (QED) is 0.633. The van der Waals surface area contributed by atoms with E-state index < -0.39 is 30.3 Å². The lowest BCUT2D eigenvalue weighted by Gasteiger charge is -2.20. The third-order valence-corrected chi connectivity index (χ3v) is 2.45. The van der Waals surface area contributed by atoms with Crippen LogP contribution >= 0.6 is 0 Å². The molecule has 2 amide bonds. The van der Waals surface area contributed by atoms with Crippen molar-refractivity contribution >= 4 is 12.0 Å². The maximum atomic E-state index is 11.8. The number of hydrogen-bond donors (Lipinski definition) is 3. The molecule has 0 bridgehead atoms. The number of rotatable bonds is 2. The van der Waals surface area contributed by atoms with Gasteiger partial charge in [-0.3, -0.25) is 4.79 Å². The van der Waals surface area contributed by atoms with E-state index in [4.69, 9.17) is 10.8 Å². The molecule has 1 rings (SSSR count). The fraction of sp³-hybridized carbons (Fsp3) is 0.750. The number of aliphatic carboxylic acids is 1. The number of halogens is 3. The minimum Gasteiger partial charge on any atom is -0.480 e. The molecule has 0 aromatic heterocycles. The van der Waals surface area contributed by atoms with Crippen molar-refractivity contribution in [3.8, 4) is 0 Å². The van der Waals surface area contributed by atoms with E-state index in [-0.39, 0.29) is 19.5 Å². The number of amides is 2. The number of nitrogens with one attached hydrogen (secondary N) is 1. The molecule has 0 aromatic rings. The Labute approximate surface area is 94.6 Å². The predicted octanol–water partition coefficient (Wildman–Crippen LogP) is -0.254. The molecule has 4 N–H and O–H groups in total. The van der Waals surface area contributed by atoms with Crippen molar-refractivity contribution < 1.29 is 27.9 Å². The van der Waals surface area contributed by atoms with Crippen LogP contribution in [0.3, 0.4) is 0 Å². The Bertz CT molecular complexity index is 334. The summed E-state index contributed by atoms with van der Waals surface area (Å²) in [6.45, 7) is -1.73. The second kappa shape index (κ2) is 4.40. The summed E-state index contributed by atoms with van der Waals surface area (Å²) in [4.78, 5) is 23.0. The van der Waals surface area contributed by atoms with E-state index in [9.17, 15) is 22.8 Å². The van der Waals surface area contributed by atoms with E-state index in [1.165, 1.54) is 0 Å². The lowest BCUT2D eigenvalue weighted by Crippen LogP contribution is -2.52. The van der Waals surface area contributed by atoms with Gasteiger partial charge in [0.25, 0.3) is 0 Å². The Hall–Kier alpha value is -1.51. The summed E-state index contributed by atoms with van der Waals surface area (Å²) in [6.07, 6.45) is -4.48. The number of likely N-dealkylation sites (tertiary alicyclic amines) is 1. The van der Waals surface area contributed by atoms with Crippen molar-refractivity contribution in [2.45, 2.75) is 18.1 Å². The molecule has 0 spiro atoms. The SMILES string of the molecule is NC1(C(=O)O)CCN(C(=O)NCC(F)(F)F)C1. The van der Waals surface area contributed by atoms with Gasteiger partial charge in [-0.15, -0.1) is 0 Å². The predicted molar refractivity (Wildman–Crippen MR) is 50.2 cm³/mol. The number of carboxylic acids is 1. The van der Waals surface area contributed by atoms with Gasteiger partial charge >= 0.3 is 18.2 Å². The largest absolute Gasteiger partial charge is 0.480 e. The summed E-state index contributed by atoms with van der Waals surface area (Å²) >= 11 is 0. The van der Waals surface area contributed by atoms with Gasteiger partial charge in [0.2, 0.25) is 0 Å². The minimum atomic E-state index is -4.50. The number of carbonyl (C=O) groups excluding carboxylic acids is 1. The molecule has 0 aliphatic carbocycles. The first-order valence-electron chi connectivity index (χ1n) is 4.76. The van der Waals surface area contributed by atoms with Crippen molar-refractivity contribution in [2.75, 3.05) is 19.6 Å². The second-order valence-electron chi connectivity index (χ2n) is 3.91. The molecule has 1 heterocycles. The lowest BCUT2D eigenvalue weighted by molar-refractivity contribution is -0.142. The molecule has 1 unspecified atom stereocenters. The molecule has 17 heavy (non-hydrogen) atoms. The molecular weight excluding hydrogens is 243 g/mol. The van der Waals surface area contributed by atoms with Gasteiger partial charge in [0, 0.05) is 6.54 Å². The zero-order valence-corrected chi connectivity index (χ0v) is 8.75. The summed E-state index contributed by atoms with van der Waals surface area (Å²) in [5, 5.41) is 10.4. The number of carboxylic acid groups (broad SMARTS) is 1. The van der Waals surface area contributed by atoms with Crippen LogP contribution < -0.4 is 11.1 Å². The van der Waals surface area contributed by atoms with Gasteiger partial charge in [-0.1, -0.05) is 0 Å². The molecule has 1 aliphatic heterocycles. The van der Waals surface area contributed by atoms with Gasteiger partial charge in [-0.05, 0) is 6.42 Å². The molecule has 6 nitrogen and oxygen atoms in total. The smallest absolute Gasteiger partial charge is 0.405 e. The van der Waals surface area contributed by atoms with Crippen LogP contribution in [-0.2, 0) is 4.79 Å². The van der Waals surface area contributed by atoms with Crippen LogP contribution in [0.2, 0.25) is 0 Å². The van der Waals surface area contributed by atoms with E-state index in [0.717, 1.165) is 4.90 Å². The first kappa shape index (κ1) is 13.6. The molecule has 0 radical (unpaired) electrons. The summed E-state index contributed by atoms with van der Waals surface area (Å²) in [5.74, 6) is -1.27. The van der Waals surface area contributed by atoms with Crippen molar-refractivity contribution in [1.29, 1.82) is 0 Å². The van der Waals surface area contributed by atoms with Crippen LogP contribution in [0.1, 0.15) is 6.42 Å². The van der Waals surface area contributed by atoms with Crippen molar-refractivity contribution in [1.82, 2.24) is 10.2 Å². The molecule has 1 aliphatic rings. The average Bonchev–Trinajstić information content (AvgIpc) is 2.58. The van der Waals surface area contributed by atoms with Gasteiger partial charge in [-0.25, -0.2) is 4.79 Å². The Kier molecular flexibility index (Phi) is 3.51. The zero-order valence-electron chi connectivity index (χ0n) is 8.75. The van der Waals surface area contributed by atoms with Gasteiger partial charge < -0.3 is 21.1 Å². The van der Waals surface area contributed by atoms with Crippen LogP contribution in [0, 0.1) is 0 Å². The van der Waals surface area contributed by atoms with Gasteiger partial charge in [-0.2, -0.15) is 13.2 Å². The van der Waals surface area contributed by atoms with Gasteiger partial charge in [0.05, 0.1) is 6.54 Å². The number of urea groups is 1. The van der Waals surface area contributed by atoms with Crippen molar-refractivity contribution in [2.24, 2.45) is 5.73 Å². The topological polar surface area (TPSA) is 95.7 Å². The molecule has 98 valence electrons. The van der Waals surface area contributed by atoms with Gasteiger partial charge in [0.15, 0.2) is 0 Å². The third kappa shape index (κ3) is 3.48. The van der Waals surface area contributed by atoms with E-state index >= 15 is 0 Å². The fourth-order valence-corrected chi connectivity index (χ4v) is 1.47. The normalized spacial score (nSPS) is 24.8. The number of nitrogens with zero attached hydrogens (tertiary/aromatic N) is 1. The molecule has 1 atom stereocenters. The first-order chi connectivity index (χ1) is 7.64. The summed E-state index contributed by atoms with van der Waals surface area (Å²) in [5.41, 5.74) is 3.89. The Morgan fingerprint density at radius 2 is 2.06 bits per heavy atom. The van der Waals surface area contributed by atoms with Gasteiger partial charge in [0.1, 0.15) is 12.1 Å². The van der Waals surface area contributed by atoms with Crippen LogP contribution in [0.15, 0.2) is 0 Å². The van der Waals surface area contributed by atoms with Crippen LogP contribution in [0.5, 0.6) is 0 Å². The summed E-state index contributed by atoms with van der Waals surface area (Å²) in [6, 6.07) is -0.962. The number of hydrogen-bond acceptors (Lipinski definition) is 3. The molecule has 1 saturated heterocycles. The van der Waals surface area contributed by atoms with Crippen molar-refractivity contribution in [3.63, 3.8) is 0 Å². The Balaban J connectivity index is 2.49. The molecule has 1 fully saturated rings. The number of alkyl halides is 3. The number of carbonyl (C=O) groups is 2. The fourth-order valence-electron chi connectivity index (χ4n) is 1.47. The molecule has 9 heteroatoms. The molecule has 0 aromatic carbocycles.